The molecule has 0 fully saturated rings. The molecule has 1 unspecified atom stereocenters. The zero-order valence-electron chi connectivity index (χ0n) is 11.0. The molecular formula is C16H10ClFINO. The number of nitrogens with zero attached hydrogens (tertiary/aromatic N) is 1. The zero-order chi connectivity index (χ0) is 15.6. The van der Waals surface area contributed by atoms with E-state index < -0.39 is 11.7 Å². The lowest BCUT2D eigenvalue weighted by Crippen LogP contribution is -2.13. The van der Waals surface area contributed by atoms with E-state index in [1.807, 2.05) is 19.1 Å². The lowest BCUT2D eigenvalue weighted by atomic mass is 9.91. The van der Waals surface area contributed by atoms with E-state index in [2.05, 4.69) is 22.6 Å². The zero-order valence-corrected chi connectivity index (χ0v) is 13.9. The fraction of sp³-hybridized carbons (Fsp3) is 0.125. The van der Waals surface area contributed by atoms with Crippen LogP contribution in [0.4, 0.5) is 4.39 Å². The molecule has 0 saturated carbocycles. The number of halogens is 3. The lowest BCUT2D eigenvalue weighted by Gasteiger charge is -2.12. The van der Waals surface area contributed by atoms with Gasteiger partial charge in [-0.15, -0.1) is 0 Å². The molecule has 106 valence electrons. The summed E-state index contributed by atoms with van der Waals surface area (Å²) < 4.78 is 13.9. The number of hydrogen-bond donors (Lipinski definition) is 0. The number of nitriles is 1. The van der Waals surface area contributed by atoms with Crippen LogP contribution >= 0.6 is 34.2 Å². The molecule has 0 heterocycles. The second kappa shape index (κ2) is 6.54. The van der Waals surface area contributed by atoms with Gasteiger partial charge in [-0.25, -0.2) is 4.39 Å². The molecule has 1 atom stereocenters. The van der Waals surface area contributed by atoms with E-state index in [1.54, 1.807) is 12.1 Å². The highest BCUT2D eigenvalue weighted by Crippen LogP contribution is 2.30. The number of hydrogen-bond acceptors (Lipinski definition) is 2. The first-order valence-electron chi connectivity index (χ1n) is 6.09. The molecule has 0 aliphatic heterocycles. The fourth-order valence-corrected chi connectivity index (χ4v) is 2.90. The molecule has 2 aromatic rings. The second-order valence-electron chi connectivity index (χ2n) is 4.53. The van der Waals surface area contributed by atoms with Crippen molar-refractivity contribution >= 4 is 40.0 Å². The van der Waals surface area contributed by atoms with Crippen molar-refractivity contribution < 1.29 is 9.18 Å². The van der Waals surface area contributed by atoms with Gasteiger partial charge in [0.15, 0.2) is 5.78 Å². The van der Waals surface area contributed by atoms with Crippen molar-refractivity contribution in [1.29, 1.82) is 5.26 Å². The topological polar surface area (TPSA) is 40.9 Å². The molecule has 0 N–H and O–H groups in total. The van der Waals surface area contributed by atoms with Crippen LogP contribution in [0.5, 0.6) is 0 Å². The number of benzene rings is 2. The van der Waals surface area contributed by atoms with Gasteiger partial charge in [-0.1, -0.05) is 35.9 Å². The minimum atomic E-state index is -1.05. The molecule has 0 aromatic heterocycles. The van der Waals surface area contributed by atoms with Gasteiger partial charge in [0, 0.05) is 14.2 Å². The molecule has 0 aliphatic rings. The van der Waals surface area contributed by atoms with Crippen molar-refractivity contribution in [3.05, 3.63) is 67.5 Å². The molecule has 0 aliphatic carbocycles. The maximum absolute atomic E-state index is 13.1. The average molecular weight is 414 g/mol. The van der Waals surface area contributed by atoms with Gasteiger partial charge in [-0.3, -0.25) is 4.79 Å². The van der Waals surface area contributed by atoms with Gasteiger partial charge in [0.1, 0.15) is 11.7 Å². The molecule has 2 rings (SSSR count). The van der Waals surface area contributed by atoms with Crippen LogP contribution in [0.2, 0.25) is 5.02 Å². The quantitative estimate of drug-likeness (QED) is 0.531. The summed E-state index contributed by atoms with van der Waals surface area (Å²) >= 11 is 8.04. The van der Waals surface area contributed by atoms with Gasteiger partial charge in [0.05, 0.1) is 6.07 Å². The summed E-state index contributed by atoms with van der Waals surface area (Å²) in [5, 5.41) is 9.42. The van der Waals surface area contributed by atoms with Crippen molar-refractivity contribution in [2.24, 2.45) is 0 Å². The normalized spacial score (nSPS) is 11.8. The molecule has 21 heavy (non-hydrogen) atoms. The number of aryl methyl sites for hydroxylation is 1. The molecular weight excluding hydrogens is 404 g/mol. The largest absolute Gasteiger partial charge is 0.292 e. The van der Waals surface area contributed by atoms with E-state index in [0.717, 1.165) is 15.2 Å². The highest BCUT2D eigenvalue weighted by atomic mass is 127. The summed E-state index contributed by atoms with van der Waals surface area (Å²) in [6, 6.07) is 11.0. The van der Waals surface area contributed by atoms with Crippen LogP contribution in [-0.2, 0) is 0 Å². The lowest BCUT2D eigenvalue weighted by molar-refractivity contribution is 0.0978. The van der Waals surface area contributed by atoms with Crippen LogP contribution in [0.15, 0.2) is 36.4 Å². The van der Waals surface area contributed by atoms with Crippen molar-refractivity contribution in [3.63, 3.8) is 0 Å². The van der Waals surface area contributed by atoms with Gasteiger partial charge in [0.2, 0.25) is 0 Å². The molecule has 0 spiro atoms. The Morgan fingerprint density at radius 1 is 1.38 bits per heavy atom. The summed E-state index contributed by atoms with van der Waals surface area (Å²) in [5.41, 5.74) is 1.76. The second-order valence-corrected chi connectivity index (χ2v) is 6.01. The average Bonchev–Trinajstić information content (AvgIpc) is 2.44. The Kier molecular flexibility index (Phi) is 4.96. The van der Waals surface area contributed by atoms with Gasteiger partial charge in [-0.05, 0) is 52.8 Å². The molecule has 0 amide bonds. The predicted molar refractivity (Wildman–Crippen MR) is 88.0 cm³/mol. The summed E-state index contributed by atoms with van der Waals surface area (Å²) in [6.45, 7) is 1.89. The van der Waals surface area contributed by atoms with Crippen molar-refractivity contribution in [2.45, 2.75) is 12.8 Å². The minimum Gasteiger partial charge on any atom is -0.292 e. The minimum absolute atomic E-state index is 0.0811. The number of Topliss-reactive ketones (excluding diaryl/α,β-unsaturated/α-hetero) is 1. The Morgan fingerprint density at radius 2 is 2.10 bits per heavy atom. The Balaban J connectivity index is 2.49. The van der Waals surface area contributed by atoms with Gasteiger partial charge >= 0.3 is 0 Å². The fourth-order valence-electron chi connectivity index (χ4n) is 2.00. The Hall–Kier alpha value is -1.45. The third-order valence-corrected chi connectivity index (χ3v) is 4.88. The van der Waals surface area contributed by atoms with Crippen molar-refractivity contribution in [2.75, 3.05) is 0 Å². The van der Waals surface area contributed by atoms with Crippen LogP contribution in [0.25, 0.3) is 0 Å². The van der Waals surface area contributed by atoms with Crippen LogP contribution in [0.1, 0.15) is 27.4 Å². The third-order valence-electron chi connectivity index (χ3n) is 3.12. The molecule has 2 nitrogen and oxygen atoms in total. The van der Waals surface area contributed by atoms with E-state index in [9.17, 15) is 14.4 Å². The van der Waals surface area contributed by atoms with Crippen molar-refractivity contribution in [1.82, 2.24) is 0 Å². The first-order valence-corrected chi connectivity index (χ1v) is 7.55. The van der Waals surface area contributed by atoms with Gasteiger partial charge in [-0.2, -0.15) is 5.26 Å². The first-order chi connectivity index (χ1) is 9.95. The van der Waals surface area contributed by atoms with E-state index in [-0.39, 0.29) is 10.8 Å². The van der Waals surface area contributed by atoms with E-state index in [1.165, 1.54) is 12.1 Å². The third kappa shape index (κ3) is 3.25. The first kappa shape index (κ1) is 15.9. The van der Waals surface area contributed by atoms with E-state index in [4.69, 9.17) is 11.6 Å². The summed E-state index contributed by atoms with van der Waals surface area (Å²) in [5.74, 6) is -1.88. The molecule has 2 aromatic carbocycles. The molecule has 0 saturated heterocycles. The van der Waals surface area contributed by atoms with Crippen LogP contribution < -0.4 is 0 Å². The maximum atomic E-state index is 13.1. The SMILES string of the molecule is Cc1cccc(C(=O)C(C#N)c2ccc(F)cc2Cl)c1I. The van der Waals surface area contributed by atoms with Crippen molar-refractivity contribution in [3.8, 4) is 6.07 Å². The Bertz CT molecular complexity index is 754. The van der Waals surface area contributed by atoms with Crippen LogP contribution in [0, 0.1) is 27.6 Å². The predicted octanol–water partition coefficient (Wildman–Crippen LogP) is 4.88. The Labute approximate surface area is 140 Å². The monoisotopic (exact) mass is 413 g/mol. The maximum Gasteiger partial charge on any atom is 0.185 e. The molecule has 0 radical (unpaired) electrons. The summed E-state index contributed by atoms with van der Waals surface area (Å²) in [7, 11) is 0. The van der Waals surface area contributed by atoms with Crippen LogP contribution in [0.3, 0.4) is 0 Å². The number of carbonyl (C=O) groups excluding carboxylic acids is 1. The number of carbonyl (C=O) groups is 1. The van der Waals surface area contributed by atoms with E-state index >= 15 is 0 Å². The number of ketones is 1. The molecule has 5 heteroatoms. The highest BCUT2D eigenvalue weighted by Gasteiger charge is 2.26. The number of rotatable bonds is 3. The smallest absolute Gasteiger partial charge is 0.185 e. The van der Waals surface area contributed by atoms with Gasteiger partial charge in [0.25, 0.3) is 0 Å². The summed E-state index contributed by atoms with van der Waals surface area (Å²) in [6.07, 6.45) is 0. The standard InChI is InChI=1S/C16H10ClFINO/c1-9-3-2-4-12(15(9)19)16(21)13(8-20)11-6-5-10(18)7-14(11)17/h2-7,13H,1H3. The van der Waals surface area contributed by atoms with Crippen LogP contribution in [-0.4, -0.2) is 5.78 Å². The highest BCUT2D eigenvalue weighted by molar-refractivity contribution is 14.1. The van der Waals surface area contributed by atoms with Gasteiger partial charge < -0.3 is 0 Å². The Morgan fingerprint density at radius 3 is 2.71 bits per heavy atom. The van der Waals surface area contributed by atoms with E-state index in [0.29, 0.717) is 11.1 Å². The summed E-state index contributed by atoms with van der Waals surface area (Å²) in [4.78, 5) is 12.6. The molecule has 0 bridgehead atoms.